The van der Waals surface area contributed by atoms with Crippen molar-refractivity contribution in [2.24, 2.45) is 10.8 Å². The molecule has 0 aromatic carbocycles. The van der Waals surface area contributed by atoms with E-state index in [0.29, 0.717) is 6.04 Å². The predicted molar refractivity (Wildman–Crippen MR) is 47.3 cm³/mol. The van der Waals surface area contributed by atoms with Crippen LogP contribution in [-0.4, -0.2) is 11.9 Å². The number of nitrogens with one attached hydrogen (secondary N) is 1. The van der Waals surface area contributed by atoms with Crippen molar-refractivity contribution in [3.8, 4) is 0 Å². The minimum absolute atomic E-state index is 0.528. The number of amidine groups is 1. The summed E-state index contributed by atoms with van der Waals surface area (Å²) in [5.74, 6) is 6.07. The van der Waals surface area contributed by atoms with E-state index < -0.39 is 0 Å². The van der Waals surface area contributed by atoms with Crippen LogP contribution in [0, 0.1) is 0 Å². The summed E-state index contributed by atoms with van der Waals surface area (Å²) in [7, 11) is 0. The van der Waals surface area contributed by atoms with E-state index in [1.165, 1.54) is 32.1 Å². The number of rotatable bonds is 1. The third-order valence-corrected chi connectivity index (χ3v) is 2.16. The van der Waals surface area contributed by atoms with E-state index in [4.69, 9.17) is 5.84 Å². The van der Waals surface area contributed by atoms with Crippen LogP contribution in [0.5, 0.6) is 0 Å². The smallest absolute Gasteiger partial charge is 0.107 e. The summed E-state index contributed by atoms with van der Waals surface area (Å²) in [4.78, 5) is 4.44. The molecule has 1 rings (SSSR count). The highest BCUT2D eigenvalue weighted by atomic mass is 15.2. The van der Waals surface area contributed by atoms with Crippen LogP contribution in [-0.2, 0) is 0 Å². The molecule has 0 aromatic rings. The monoisotopic (exact) mass is 155 g/mol. The lowest BCUT2D eigenvalue weighted by Crippen LogP contribution is -2.29. The molecule has 3 N–H and O–H groups in total. The molecule has 1 aliphatic rings. The molecule has 0 bridgehead atoms. The van der Waals surface area contributed by atoms with Gasteiger partial charge in [-0.1, -0.05) is 19.3 Å². The van der Waals surface area contributed by atoms with Crippen molar-refractivity contribution >= 4 is 5.84 Å². The Bertz CT molecular complexity index is 136. The van der Waals surface area contributed by atoms with Gasteiger partial charge in [0.1, 0.15) is 5.84 Å². The Balaban J connectivity index is 2.34. The number of hydrogen-bond donors (Lipinski definition) is 2. The molecule has 0 aromatic heterocycles. The van der Waals surface area contributed by atoms with Crippen LogP contribution in [0.15, 0.2) is 4.99 Å². The summed E-state index contributed by atoms with van der Waals surface area (Å²) in [6.07, 6.45) is 6.50. The third-order valence-electron chi connectivity index (χ3n) is 2.16. The predicted octanol–water partition coefficient (Wildman–Crippen LogP) is 1.20. The number of nitrogens with zero attached hydrogens (tertiary/aromatic N) is 1. The molecule has 3 nitrogen and oxygen atoms in total. The van der Waals surface area contributed by atoms with Crippen molar-refractivity contribution in [3.05, 3.63) is 0 Å². The van der Waals surface area contributed by atoms with Crippen LogP contribution in [0.1, 0.15) is 39.0 Å². The second-order valence-electron chi connectivity index (χ2n) is 3.15. The highest BCUT2D eigenvalue weighted by molar-refractivity contribution is 5.78. The fraction of sp³-hybridized carbons (Fsp3) is 0.875. The summed E-state index contributed by atoms with van der Waals surface area (Å²) in [6, 6.07) is 0.528. The van der Waals surface area contributed by atoms with Gasteiger partial charge in [0.05, 0.1) is 6.04 Å². The van der Waals surface area contributed by atoms with Gasteiger partial charge in [0, 0.05) is 0 Å². The average molecular weight is 155 g/mol. The largest absolute Gasteiger partial charge is 0.313 e. The summed E-state index contributed by atoms with van der Waals surface area (Å²) in [6.45, 7) is 1.91. The lowest BCUT2D eigenvalue weighted by Gasteiger charge is -2.18. The molecule has 64 valence electrons. The number of aliphatic imine (C=N–C) groups is 1. The fourth-order valence-corrected chi connectivity index (χ4v) is 1.52. The quantitative estimate of drug-likeness (QED) is 0.259. The van der Waals surface area contributed by atoms with Gasteiger partial charge >= 0.3 is 0 Å². The second-order valence-corrected chi connectivity index (χ2v) is 3.15. The summed E-state index contributed by atoms with van der Waals surface area (Å²) < 4.78 is 0. The van der Waals surface area contributed by atoms with Gasteiger partial charge in [0.2, 0.25) is 0 Å². The van der Waals surface area contributed by atoms with E-state index in [9.17, 15) is 0 Å². The van der Waals surface area contributed by atoms with Crippen molar-refractivity contribution in [2.45, 2.75) is 45.1 Å². The van der Waals surface area contributed by atoms with Crippen molar-refractivity contribution in [2.75, 3.05) is 0 Å². The van der Waals surface area contributed by atoms with Gasteiger partial charge in [0.15, 0.2) is 0 Å². The van der Waals surface area contributed by atoms with Crippen molar-refractivity contribution in [1.29, 1.82) is 0 Å². The maximum atomic E-state index is 5.21. The molecule has 1 saturated carbocycles. The van der Waals surface area contributed by atoms with E-state index in [-0.39, 0.29) is 0 Å². The molecular formula is C8H17N3. The first kappa shape index (κ1) is 8.53. The van der Waals surface area contributed by atoms with Crippen LogP contribution < -0.4 is 11.3 Å². The topological polar surface area (TPSA) is 50.4 Å². The average Bonchev–Trinajstić information content (AvgIpc) is 2.06. The van der Waals surface area contributed by atoms with E-state index in [0.717, 1.165) is 5.84 Å². The SMILES string of the molecule is CC(=NC1CCCCC1)NN. The van der Waals surface area contributed by atoms with Crippen molar-refractivity contribution in [3.63, 3.8) is 0 Å². The van der Waals surface area contributed by atoms with E-state index in [2.05, 4.69) is 10.4 Å². The van der Waals surface area contributed by atoms with Gasteiger partial charge < -0.3 is 5.43 Å². The zero-order chi connectivity index (χ0) is 8.10. The molecule has 0 unspecified atom stereocenters. The lowest BCUT2D eigenvalue weighted by molar-refractivity contribution is 0.442. The first-order valence-corrected chi connectivity index (χ1v) is 4.34. The molecule has 0 heterocycles. The first-order chi connectivity index (χ1) is 5.33. The Kier molecular flexibility index (Phi) is 3.36. The van der Waals surface area contributed by atoms with Crippen LogP contribution in [0.4, 0.5) is 0 Å². The Morgan fingerprint density at radius 2 is 2.00 bits per heavy atom. The summed E-state index contributed by atoms with van der Waals surface area (Å²) in [5.41, 5.74) is 2.56. The van der Waals surface area contributed by atoms with Crippen molar-refractivity contribution in [1.82, 2.24) is 5.43 Å². The van der Waals surface area contributed by atoms with Gasteiger partial charge in [-0.2, -0.15) is 0 Å². The van der Waals surface area contributed by atoms with Gasteiger partial charge in [0.25, 0.3) is 0 Å². The molecule has 3 heteroatoms. The minimum atomic E-state index is 0.528. The number of hydrazine groups is 1. The van der Waals surface area contributed by atoms with Crippen LogP contribution in [0.3, 0.4) is 0 Å². The lowest BCUT2D eigenvalue weighted by atomic mass is 9.96. The van der Waals surface area contributed by atoms with E-state index in [1.54, 1.807) is 0 Å². The third kappa shape index (κ3) is 2.89. The van der Waals surface area contributed by atoms with Gasteiger partial charge in [-0.15, -0.1) is 0 Å². The Hall–Kier alpha value is -0.570. The standard InChI is InChI=1S/C8H17N3/c1-7(11-9)10-8-5-3-2-4-6-8/h8H,2-6,9H2,1H3,(H,10,11). The Morgan fingerprint density at radius 3 is 2.55 bits per heavy atom. The maximum Gasteiger partial charge on any atom is 0.107 e. The van der Waals surface area contributed by atoms with E-state index in [1.807, 2.05) is 6.92 Å². The number of hydrogen-bond acceptors (Lipinski definition) is 2. The Labute approximate surface area is 68.0 Å². The molecule has 0 spiro atoms. The minimum Gasteiger partial charge on any atom is -0.313 e. The summed E-state index contributed by atoms with van der Waals surface area (Å²) >= 11 is 0. The zero-order valence-electron chi connectivity index (χ0n) is 7.14. The second kappa shape index (κ2) is 4.34. The molecule has 0 amide bonds. The summed E-state index contributed by atoms with van der Waals surface area (Å²) in [5, 5.41) is 0. The van der Waals surface area contributed by atoms with Gasteiger partial charge in [-0.3, -0.25) is 4.99 Å². The molecule has 0 saturated heterocycles. The fourth-order valence-electron chi connectivity index (χ4n) is 1.52. The van der Waals surface area contributed by atoms with Gasteiger partial charge in [-0.05, 0) is 19.8 Å². The molecular weight excluding hydrogens is 138 g/mol. The highest BCUT2D eigenvalue weighted by Gasteiger charge is 2.11. The maximum absolute atomic E-state index is 5.21. The van der Waals surface area contributed by atoms with Crippen LogP contribution in [0.2, 0.25) is 0 Å². The first-order valence-electron chi connectivity index (χ1n) is 4.34. The zero-order valence-corrected chi connectivity index (χ0v) is 7.14. The van der Waals surface area contributed by atoms with Gasteiger partial charge in [-0.25, -0.2) is 5.84 Å². The molecule has 11 heavy (non-hydrogen) atoms. The molecule has 0 radical (unpaired) electrons. The number of nitrogens with two attached hydrogens (primary N) is 1. The molecule has 1 fully saturated rings. The van der Waals surface area contributed by atoms with Crippen LogP contribution >= 0.6 is 0 Å². The van der Waals surface area contributed by atoms with E-state index >= 15 is 0 Å². The normalized spacial score (nSPS) is 21.8. The van der Waals surface area contributed by atoms with Crippen molar-refractivity contribution < 1.29 is 0 Å². The Morgan fingerprint density at radius 1 is 1.36 bits per heavy atom. The highest BCUT2D eigenvalue weighted by Crippen LogP contribution is 2.19. The van der Waals surface area contributed by atoms with Crippen LogP contribution in [0.25, 0.3) is 0 Å². The molecule has 1 aliphatic carbocycles. The molecule has 0 atom stereocenters. The molecule has 0 aliphatic heterocycles.